The molecule has 0 radical (unpaired) electrons. The summed E-state index contributed by atoms with van der Waals surface area (Å²) in [5.41, 5.74) is -0.625. The van der Waals surface area contributed by atoms with Crippen LogP contribution >= 0.6 is 0 Å². The Kier molecular flexibility index (Phi) is 1.04. The lowest BCUT2D eigenvalue weighted by atomic mass is 10.1. The van der Waals surface area contributed by atoms with Crippen molar-refractivity contribution in [3.8, 4) is 12.3 Å². The highest BCUT2D eigenvalue weighted by Crippen LogP contribution is 2.34. The maximum absolute atomic E-state index is 8.56. The van der Waals surface area contributed by atoms with Crippen LogP contribution < -0.4 is 0 Å². The van der Waals surface area contributed by atoms with Crippen LogP contribution in [-0.2, 0) is 4.74 Å². The van der Waals surface area contributed by atoms with Crippen molar-refractivity contribution in [2.24, 2.45) is 0 Å². The Balaban J connectivity index is 2.56. The molecule has 2 atom stereocenters. The van der Waals surface area contributed by atoms with E-state index in [0.29, 0.717) is 0 Å². The number of ether oxygens (including phenoxy) is 1. The van der Waals surface area contributed by atoms with E-state index < -0.39 is 5.60 Å². The highest BCUT2D eigenvalue weighted by atomic mass is 16.6. The minimum absolute atomic E-state index is 0.0394. The molecule has 1 aliphatic rings. The number of hydrogen-bond donors (Lipinski definition) is 1. The summed E-state index contributed by atoms with van der Waals surface area (Å²) in [4.78, 5) is 0. The molecule has 8 heavy (non-hydrogen) atoms. The van der Waals surface area contributed by atoms with E-state index in [4.69, 9.17) is 16.3 Å². The SMILES string of the molecule is C#C[C@]1(CO)O[C@H]1C. The fourth-order valence-corrected chi connectivity index (χ4v) is 0.644. The van der Waals surface area contributed by atoms with E-state index in [1.807, 2.05) is 6.92 Å². The molecular weight excluding hydrogens is 104 g/mol. The molecule has 1 aliphatic heterocycles. The van der Waals surface area contributed by atoms with Crippen LogP contribution in [0.25, 0.3) is 0 Å². The number of rotatable bonds is 1. The Bertz CT molecular complexity index is 132. The Morgan fingerprint density at radius 3 is 2.50 bits per heavy atom. The molecule has 2 heteroatoms. The zero-order valence-corrected chi connectivity index (χ0v) is 4.72. The largest absolute Gasteiger partial charge is 0.392 e. The first-order valence-corrected chi connectivity index (χ1v) is 2.51. The molecule has 0 aromatic rings. The van der Waals surface area contributed by atoms with Crippen LogP contribution in [0.15, 0.2) is 0 Å². The van der Waals surface area contributed by atoms with Crippen LogP contribution in [0.2, 0.25) is 0 Å². The molecule has 0 unspecified atom stereocenters. The molecule has 0 amide bonds. The summed E-state index contributed by atoms with van der Waals surface area (Å²) in [6, 6.07) is 0. The van der Waals surface area contributed by atoms with Crippen LogP contribution in [0.3, 0.4) is 0 Å². The summed E-state index contributed by atoms with van der Waals surface area (Å²) in [5.74, 6) is 2.38. The second kappa shape index (κ2) is 1.48. The lowest BCUT2D eigenvalue weighted by Gasteiger charge is -1.93. The lowest BCUT2D eigenvalue weighted by molar-refractivity contribution is 0.208. The highest BCUT2D eigenvalue weighted by Gasteiger charge is 2.51. The highest BCUT2D eigenvalue weighted by molar-refractivity contribution is 5.20. The van der Waals surface area contributed by atoms with Crippen molar-refractivity contribution < 1.29 is 9.84 Å². The summed E-state index contributed by atoms with van der Waals surface area (Å²) in [5, 5.41) is 8.56. The van der Waals surface area contributed by atoms with Gasteiger partial charge in [0.05, 0.1) is 12.7 Å². The third-order valence-corrected chi connectivity index (χ3v) is 1.47. The van der Waals surface area contributed by atoms with Gasteiger partial charge in [-0.1, -0.05) is 5.92 Å². The van der Waals surface area contributed by atoms with E-state index in [1.165, 1.54) is 0 Å². The smallest absolute Gasteiger partial charge is 0.177 e. The van der Waals surface area contributed by atoms with Crippen molar-refractivity contribution in [3.63, 3.8) is 0 Å². The normalized spacial score (nSPS) is 43.4. The summed E-state index contributed by atoms with van der Waals surface area (Å²) in [6.07, 6.45) is 5.07. The first kappa shape index (κ1) is 5.61. The molecule has 2 nitrogen and oxygen atoms in total. The molecule has 44 valence electrons. The van der Waals surface area contributed by atoms with Gasteiger partial charge in [-0.15, -0.1) is 6.42 Å². The van der Waals surface area contributed by atoms with Crippen molar-refractivity contribution in [1.82, 2.24) is 0 Å². The number of hydrogen-bond acceptors (Lipinski definition) is 2. The maximum atomic E-state index is 8.56. The third kappa shape index (κ3) is 0.525. The summed E-state index contributed by atoms with van der Waals surface area (Å²) >= 11 is 0. The van der Waals surface area contributed by atoms with Crippen LogP contribution in [0.5, 0.6) is 0 Å². The second-order valence-electron chi connectivity index (χ2n) is 1.95. The molecule has 0 aliphatic carbocycles. The average Bonchev–Trinajstić information content (AvgIpc) is 2.43. The Morgan fingerprint density at radius 1 is 2.00 bits per heavy atom. The van der Waals surface area contributed by atoms with Gasteiger partial charge in [-0.05, 0) is 6.92 Å². The van der Waals surface area contributed by atoms with Crippen molar-refractivity contribution in [3.05, 3.63) is 0 Å². The molecule has 1 N–H and O–H groups in total. The van der Waals surface area contributed by atoms with Gasteiger partial charge in [0.1, 0.15) is 0 Å². The molecular formula is C6H8O2. The van der Waals surface area contributed by atoms with Crippen LogP contribution in [0.4, 0.5) is 0 Å². The fourth-order valence-electron chi connectivity index (χ4n) is 0.644. The van der Waals surface area contributed by atoms with E-state index in [1.54, 1.807) is 0 Å². The van der Waals surface area contributed by atoms with Gasteiger partial charge in [0.25, 0.3) is 0 Å². The van der Waals surface area contributed by atoms with Crippen molar-refractivity contribution in [1.29, 1.82) is 0 Å². The van der Waals surface area contributed by atoms with Crippen molar-refractivity contribution >= 4 is 0 Å². The zero-order valence-electron chi connectivity index (χ0n) is 4.72. The van der Waals surface area contributed by atoms with Crippen LogP contribution in [0.1, 0.15) is 6.92 Å². The zero-order chi connectivity index (χ0) is 6.20. The molecule has 0 spiro atoms. The van der Waals surface area contributed by atoms with Gasteiger partial charge in [-0.3, -0.25) is 0 Å². The van der Waals surface area contributed by atoms with Crippen molar-refractivity contribution in [2.75, 3.05) is 6.61 Å². The molecule has 0 aromatic heterocycles. The van der Waals surface area contributed by atoms with E-state index in [9.17, 15) is 0 Å². The second-order valence-corrected chi connectivity index (χ2v) is 1.95. The van der Waals surface area contributed by atoms with Gasteiger partial charge < -0.3 is 9.84 Å². The minimum Gasteiger partial charge on any atom is -0.392 e. The molecule has 1 fully saturated rings. The number of aliphatic hydroxyl groups excluding tert-OH is 1. The van der Waals surface area contributed by atoms with E-state index in [2.05, 4.69) is 5.92 Å². The maximum Gasteiger partial charge on any atom is 0.177 e. The number of terminal acetylenes is 1. The Hall–Kier alpha value is -0.520. The van der Waals surface area contributed by atoms with Gasteiger partial charge in [0.2, 0.25) is 0 Å². The average molecular weight is 112 g/mol. The quantitative estimate of drug-likeness (QED) is 0.375. The summed E-state index contributed by atoms with van der Waals surface area (Å²) < 4.78 is 4.92. The molecule has 0 aromatic carbocycles. The van der Waals surface area contributed by atoms with Gasteiger partial charge in [0.15, 0.2) is 5.60 Å². The number of aliphatic hydroxyl groups is 1. The van der Waals surface area contributed by atoms with Crippen molar-refractivity contribution in [2.45, 2.75) is 18.6 Å². The topological polar surface area (TPSA) is 32.8 Å². The van der Waals surface area contributed by atoms with Gasteiger partial charge in [-0.2, -0.15) is 0 Å². The van der Waals surface area contributed by atoms with Gasteiger partial charge >= 0.3 is 0 Å². The molecule has 1 rings (SSSR count). The molecule has 0 saturated carbocycles. The Morgan fingerprint density at radius 2 is 2.50 bits per heavy atom. The summed E-state index contributed by atoms with van der Waals surface area (Å²) in [6.45, 7) is 1.78. The van der Waals surface area contributed by atoms with Crippen LogP contribution in [-0.4, -0.2) is 23.4 Å². The molecule has 1 heterocycles. The third-order valence-electron chi connectivity index (χ3n) is 1.47. The first-order valence-electron chi connectivity index (χ1n) is 2.51. The van der Waals surface area contributed by atoms with Crippen LogP contribution in [0, 0.1) is 12.3 Å². The standard InChI is InChI=1S/C6H8O2/c1-3-6(4-7)5(2)8-6/h1,5,7H,4H2,2H3/t5-,6+/m0/s1. The summed E-state index contributed by atoms with van der Waals surface area (Å²) in [7, 11) is 0. The fraction of sp³-hybridized carbons (Fsp3) is 0.667. The number of epoxide rings is 1. The molecule has 1 saturated heterocycles. The van der Waals surface area contributed by atoms with Gasteiger partial charge in [0, 0.05) is 0 Å². The minimum atomic E-state index is -0.625. The van der Waals surface area contributed by atoms with Gasteiger partial charge in [-0.25, -0.2) is 0 Å². The first-order chi connectivity index (χ1) is 3.75. The van der Waals surface area contributed by atoms with E-state index in [-0.39, 0.29) is 12.7 Å². The monoisotopic (exact) mass is 112 g/mol. The predicted octanol–water partition coefficient (Wildman–Crippen LogP) is -0.231. The van der Waals surface area contributed by atoms with E-state index in [0.717, 1.165) is 0 Å². The lowest BCUT2D eigenvalue weighted by Crippen LogP contribution is -2.15. The van der Waals surface area contributed by atoms with E-state index >= 15 is 0 Å². The predicted molar refractivity (Wildman–Crippen MR) is 29.2 cm³/mol. The molecule has 0 bridgehead atoms. The Labute approximate surface area is 48.5 Å².